The summed E-state index contributed by atoms with van der Waals surface area (Å²) in [7, 11) is 1.82. The number of aromatic nitrogens is 3. The third-order valence-electron chi connectivity index (χ3n) is 2.52. The first-order valence-electron chi connectivity index (χ1n) is 5.06. The SMILES string of the molecule is Cc1ccc(C(=O)c2cc(C)n(C)n2)cn1. The second-order valence-corrected chi connectivity index (χ2v) is 3.81. The highest BCUT2D eigenvalue weighted by Gasteiger charge is 2.13. The van der Waals surface area contributed by atoms with Gasteiger partial charge in [0.15, 0.2) is 0 Å². The average molecular weight is 215 g/mol. The van der Waals surface area contributed by atoms with Crippen LogP contribution in [-0.2, 0) is 7.05 Å². The number of rotatable bonds is 2. The number of pyridine rings is 1. The molecule has 0 aliphatic carbocycles. The summed E-state index contributed by atoms with van der Waals surface area (Å²) in [5.41, 5.74) is 2.89. The molecule has 0 radical (unpaired) electrons. The molecular formula is C12H13N3O. The molecule has 82 valence electrons. The lowest BCUT2D eigenvalue weighted by atomic mass is 10.1. The molecule has 0 spiro atoms. The van der Waals surface area contributed by atoms with E-state index in [2.05, 4.69) is 10.1 Å². The van der Waals surface area contributed by atoms with E-state index in [1.807, 2.05) is 27.0 Å². The van der Waals surface area contributed by atoms with E-state index in [1.54, 1.807) is 23.0 Å². The highest BCUT2D eigenvalue weighted by atomic mass is 16.1. The number of nitrogens with zero attached hydrogens (tertiary/aromatic N) is 3. The van der Waals surface area contributed by atoms with Crippen LogP contribution in [0.4, 0.5) is 0 Å². The predicted molar refractivity (Wildman–Crippen MR) is 60.4 cm³/mol. The lowest BCUT2D eigenvalue weighted by Gasteiger charge is -1.97. The molecular weight excluding hydrogens is 202 g/mol. The maximum Gasteiger partial charge on any atom is 0.214 e. The van der Waals surface area contributed by atoms with E-state index < -0.39 is 0 Å². The van der Waals surface area contributed by atoms with Gasteiger partial charge in [0.2, 0.25) is 5.78 Å². The number of ketones is 1. The Morgan fingerprint density at radius 2 is 2.06 bits per heavy atom. The van der Waals surface area contributed by atoms with Gasteiger partial charge < -0.3 is 0 Å². The van der Waals surface area contributed by atoms with Gasteiger partial charge in [0, 0.05) is 30.2 Å². The molecule has 0 aromatic carbocycles. The van der Waals surface area contributed by atoms with E-state index in [-0.39, 0.29) is 5.78 Å². The summed E-state index contributed by atoms with van der Waals surface area (Å²) in [6.07, 6.45) is 1.58. The number of aryl methyl sites for hydroxylation is 3. The Morgan fingerprint density at radius 1 is 1.31 bits per heavy atom. The quantitative estimate of drug-likeness (QED) is 0.716. The second-order valence-electron chi connectivity index (χ2n) is 3.81. The van der Waals surface area contributed by atoms with Crippen molar-refractivity contribution in [1.82, 2.24) is 14.8 Å². The Hall–Kier alpha value is -1.97. The van der Waals surface area contributed by atoms with E-state index in [1.165, 1.54) is 0 Å². The summed E-state index contributed by atoms with van der Waals surface area (Å²) >= 11 is 0. The molecule has 0 amide bonds. The molecule has 4 heteroatoms. The zero-order chi connectivity index (χ0) is 11.7. The Bertz CT molecular complexity index is 506. The van der Waals surface area contributed by atoms with Crippen LogP contribution in [0.1, 0.15) is 27.4 Å². The molecule has 4 nitrogen and oxygen atoms in total. The van der Waals surface area contributed by atoms with Crippen LogP contribution in [-0.4, -0.2) is 20.5 Å². The minimum Gasteiger partial charge on any atom is -0.287 e. The zero-order valence-electron chi connectivity index (χ0n) is 9.56. The third kappa shape index (κ3) is 1.86. The van der Waals surface area contributed by atoms with Crippen LogP contribution < -0.4 is 0 Å². The molecule has 0 aliphatic heterocycles. The van der Waals surface area contributed by atoms with Crippen molar-refractivity contribution in [3.63, 3.8) is 0 Å². The monoisotopic (exact) mass is 215 g/mol. The van der Waals surface area contributed by atoms with E-state index >= 15 is 0 Å². The number of carbonyl (C=O) groups excluding carboxylic acids is 1. The summed E-state index contributed by atoms with van der Waals surface area (Å²) in [4.78, 5) is 16.1. The van der Waals surface area contributed by atoms with Crippen molar-refractivity contribution < 1.29 is 4.79 Å². The van der Waals surface area contributed by atoms with Crippen molar-refractivity contribution in [3.05, 3.63) is 47.0 Å². The summed E-state index contributed by atoms with van der Waals surface area (Å²) in [5.74, 6) is -0.0869. The van der Waals surface area contributed by atoms with E-state index in [4.69, 9.17) is 0 Å². The van der Waals surface area contributed by atoms with Gasteiger partial charge in [-0.2, -0.15) is 5.10 Å². The molecule has 0 saturated heterocycles. The maximum atomic E-state index is 12.0. The average Bonchev–Trinajstić information content (AvgIpc) is 2.59. The minimum atomic E-state index is -0.0869. The normalized spacial score (nSPS) is 10.4. The summed E-state index contributed by atoms with van der Waals surface area (Å²) < 4.78 is 1.69. The van der Waals surface area contributed by atoms with Crippen molar-refractivity contribution >= 4 is 5.78 Å². The van der Waals surface area contributed by atoms with Crippen LogP contribution >= 0.6 is 0 Å². The minimum absolute atomic E-state index is 0.0869. The van der Waals surface area contributed by atoms with Crippen LogP contribution in [0.3, 0.4) is 0 Å². The molecule has 2 aromatic heterocycles. The molecule has 0 saturated carbocycles. The Balaban J connectivity index is 2.35. The van der Waals surface area contributed by atoms with Crippen LogP contribution in [0.25, 0.3) is 0 Å². The van der Waals surface area contributed by atoms with Crippen molar-refractivity contribution in [2.24, 2.45) is 7.05 Å². The van der Waals surface area contributed by atoms with Gasteiger partial charge in [0.1, 0.15) is 5.69 Å². The van der Waals surface area contributed by atoms with Gasteiger partial charge in [-0.3, -0.25) is 14.5 Å². The van der Waals surface area contributed by atoms with Gasteiger partial charge in [-0.05, 0) is 32.0 Å². The Kier molecular flexibility index (Phi) is 2.56. The van der Waals surface area contributed by atoms with Gasteiger partial charge in [-0.15, -0.1) is 0 Å². The first-order valence-corrected chi connectivity index (χ1v) is 5.06. The van der Waals surface area contributed by atoms with Crippen molar-refractivity contribution in [2.75, 3.05) is 0 Å². The lowest BCUT2D eigenvalue weighted by Crippen LogP contribution is -2.04. The van der Waals surface area contributed by atoms with Crippen molar-refractivity contribution in [2.45, 2.75) is 13.8 Å². The number of hydrogen-bond donors (Lipinski definition) is 0. The fraction of sp³-hybridized carbons (Fsp3) is 0.250. The third-order valence-corrected chi connectivity index (χ3v) is 2.52. The summed E-state index contributed by atoms with van der Waals surface area (Å²) in [5, 5.41) is 4.15. The van der Waals surface area contributed by atoms with E-state index in [0.29, 0.717) is 11.3 Å². The molecule has 0 aliphatic rings. The molecule has 0 N–H and O–H groups in total. The van der Waals surface area contributed by atoms with Gasteiger partial charge in [0.05, 0.1) is 0 Å². The first-order chi connectivity index (χ1) is 7.58. The Morgan fingerprint density at radius 3 is 2.56 bits per heavy atom. The van der Waals surface area contributed by atoms with E-state index in [0.717, 1.165) is 11.4 Å². The highest BCUT2D eigenvalue weighted by molar-refractivity contribution is 6.07. The fourth-order valence-corrected chi connectivity index (χ4v) is 1.42. The van der Waals surface area contributed by atoms with Crippen molar-refractivity contribution in [1.29, 1.82) is 0 Å². The number of hydrogen-bond acceptors (Lipinski definition) is 3. The van der Waals surface area contributed by atoms with Gasteiger partial charge in [0.25, 0.3) is 0 Å². The molecule has 0 atom stereocenters. The van der Waals surface area contributed by atoms with Crippen LogP contribution in [0.2, 0.25) is 0 Å². The highest BCUT2D eigenvalue weighted by Crippen LogP contribution is 2.09. The second kappa shape index (κ2) is 3.89. The molecule has 2 rings (SSSR count). The lowest BCUT2D eigenvalue weighted by molar-refractivity contribution is 0.103. The standard InChI is InChI=1S/C12H13N3O/c1-8-4-5-10(7-13-8)12(16)11-6-9(2)15(3)14-11/h4-7H,1-3H3. The Labute approximate surface area is 93.9 Å². The van der Waals surface area contributed by atoms with Crippen LogP contribution in [0.5, 0.6) is 0 Å². The zero-order valence-corrected chi connectivity index (χ0v) is 9.56. The summed E-state index contributed by atoms with van der Waals surface area (Å²) in [6, 6.07) is 5.37. The largest absolute Gasteiger partial charge is 0.287 e. The molecule has 0 unspecified atom stereocenters. The topological polar surface area (TPSA) is 47.8 Å². The fourth-order valence-electron chi connectivity index (χ4n) is 1.42. The van der Waals surface area contributed by atoms with E-state index in [9.17, 15) is 4.79 Å². The van der Waals surface area contributed by atoms with Crippen LogP contribution in [0.15, 0.2) is 24.4 Å². The number of carbonyl (C=O) groups is 1. The predicted octanol–water partition coefficient (Wildman–Crippen LogP) is 1.66. The molecule has 2 aromatic rings. The summed E-state index contributed by atoms with van der Waals surface area (Å²) in [6.45, 7) is 3.80. The smallest absolute Gasteiger partial charge is 0.214 e. The molecule has 0 fully saturated rings. The van der Waals surface area contributed by atoms with Gasteiger partial charge >= 0.3 is 0 Å². The first kappa shape index (κ1) is 10.5. The maximum absolute atomic E-state index is 12.0. The molecule has 16 heavy (non-hydrogen) atoms. The van der Waals surface area contributed by atoms with Crippen molar-refractivity contribution in [3.8, 4) is 0 Å². The van der Waals surface area contributed by atoms with Gasteiger partial charge in [-0.25, -0.2) is 0 Å². The van der Waals surface area contributed by atoms with Gasteiger partial charge in [-0.1, -0.05) is 0 Å². The molecule has 2 heterocycles. The molecule has 0 bridgehead atoms. The van der Waals surface area contributed by atoms with Crippen LogP contribution in [0, 0.1) is 13.8 Å².